The van der Waals surface area contributed by atoms with Gasteiger partial charge in [0.05, 0.1) is 12.7 Å². The highest BCUT2D eigenvalue weighted by atomic mass is 19.1. The van der Waals surface area contributed by atoms with Crippen LogP contribution in [0.2, 0.25) is 0 Å². The Hall–Kier alpha value is -2.36. The van der Waals surface area contributed by atoms with Crippen molar-refractivity contribution in [3.63, 3.8) is 0 Å². The van der Waals surface area contributed by atoms with Crippen molar-refractivity contribution in [2.75, 3.05) is 7.11 Å². The molecule has 0 fully saturated rings. The molecule has 0 amide bonds. The molecule has 0 aliphatic carbocycles. The minimum Gasteiger partial charge on any atom is -0.497 e. The van der Waals surface area contributed by atoms with Gasteiger partial charge in [0.2, 0.25) is 0 Å². The molecular weight excluding hydrogens is 235 g/mol. The average molecular weight is 246 g/mol. The van der Waals surface area contributed by atoms with E-state index in [0.29, 0.717) is 11.3 Å². The van der Waals surface area contributed by atoms with Crippen LogP contribution >= 0.6 is 0 Å². The molecule has 0 aliphatic rings. The maximum atomic E-state index is 13.7. The van der Waals surface area contributed by atoms with Gasteiger partial charge in [0.1, 0.15) is 11.6 Å². The molecule has 2 rings (SSSR count). The Morgan fingerprint density at radius 3 is 2.50 bits per heavy atom. The number of methoxy groups -OCH3 is 1. The molecule has 1 N–H and O–H groups in total. The van der Waals surface area contributed by atoms with Crippen LogP contribution in [0.4, 0.5) is 4.39 Å². The molecule has 0 unspecified atom stereocenters. The number of halogens is 1. The van der Waals surface area contributed by atoms with Crippen molar-refractivity contribution in [1.82, 2.24) is 0 Å². The van der Waals surface area contributed by atoms with Crippen LogP contribution in [-0.4, -0.2) is 18.2 Å². The zero-order chi connectivity index (χ0) is 13.1. The molecule has 0 saturated heterocycles. The Labute approximate surface area is 103 Å². The van der Waals surface area contributed by atoms with Gasteiger partial charge in [-0.15, -0.1) is 0 Å². The van der Waals surface area contributed by atoms with Crippen LogP contribution in [0, 0.1) is 5.82 Å². The highest BCUT2D eigenvalue weighted by Crippen LogP contribution is 2.29. The number of carboxylic acids is 1. The van der Waals surface area contributed by atoms with Crippen molar-refractivity contribution in [2.45, 2.75) is 0 Å². The second-order valence-electron chi connectivity index (χ2n) is 3.70. The van der Waals surface area contributed by atoms with Crippen molar-refractivity contribution in [3.05, 3.63) is 53.8 Å². The van der Waals surface area contributed by atoms with E-state index in [4.69, 9.17) is 9.84 Å². The predicted octanol–water partition coefficient (Wildman–Crippen LogP) is 3.20. The first-order valence-corrected chi connectivity index (χ1v) is 5.29. The highest BCUT2D eigenvalue weighted by molar-refractivity contribution is 5.96. The smallest absolute Gasteiger partial charge is 0.336 e. The van der Waals surface area contributed by atoms with E-state index in [9.17, 15) is 9.18 Å². The molecule has 2 aromatic rings. The van der Waals surface area contributed by atoms with Crippen LogP contribution in [0.1, 0.15) is 10.4 Å². The van der Waals surface area contributed by atoms with Crippen LogP contribution in [0.3, 0.4) is 0 Å². The number of hydrogen-bond donors (Lipinski definition) is 1. The second kappa shape index (κ2) is 4.87. The summed E-state index contributed by atoms with van der Waals surface area (Å²) < 4.78 is 18.8. The second-order valence-corrected chi connectivity index (χ2v) is 3.70. The molecule has 0 radical (unpaired) electrons. The monoisotopic (exact) mass is 246 g/mol. The topological polar surface area (TPSA) is 46.5 Å². The van der Waals surface area contributed by atoms with E-state index in [2.05, 4.69) is 0 Å². The first-order valence-electron chi connectivity index (χ1n) is 5.29. The lowest BCUT2D eigenvalue weighted by atomic mass is 9.99. The Morgan fingerprint density at radius 1 is 1.17 bits per heavy atom. The largest absolute Gasteiger partial charge is 0.497 e. The minimum atomic E-state index is -1.10. The minimum absolute atomic E-state index is 0.0425. The van der Waals surface area contributed by atoms with Crippen molar-refractivity contribution in [1.29, 1.82) is 0 Å². The third-order valence-corrected chi connectivity index (χ3v) is 2.62. The molecule has 92 valence electrons. The molecule has 3 nitrogen and oxygen atoms in total. The van der Waals surface area contributed by atoms with Gasteiger partial charge in [-0.2, -0.15) is 0 Å². The molecular formula is C14H11FO3. The Bertz CT molecular complexity index is 593. The lowest BCUT2D eigenvalue weighted by Gasteiger charge is -2.09. The maximum Gasteiger partial charge on any atom is 0.336 e. The first-order chi connectivity index (χ1) is 8.63. The predicted molar refractivity (Wildman–Crippen MR) is 65.3 cm³/mol. The standard InChI is InChI=1S/C14H11FO3/c1-18-9-6-7-11(14(16)17)12(8-9)10-4-2-3-5-13(10)15/h2-8H,1H3,(H,16,17). The lowest BCUT2D eigenvalue weighted by molar-refractivity contribution is 0.0697. The van der Waals surface area contributed by atoms with Crippen molar-refractivity contribution < 1.29 is 19.0 Å². The third-order valence-electron chi connectivity index (χ3n) is 2.62. The summed E-state index contributed by atoms with van der Waals surface area (Å²) in [7, 11) is 1.47. The summed E-state index contributed by atoms with van der Waals surface area (Å²) in [5.74, 6) is -1.08. The SMILES string of the molecule is COc1ccc(C(=O)O)c(-c2ccccc2F)c1. The number of carboxylic acid groups (broad SMARTS) is 1. The van der Waals surface area contributed by atoms with E-state index >= 15 is 0 Å². The van der Waals surface area contributed by atoms with E-state index in [1.165, 1.54) is 37.4 Å². The lowest BCUT2D eigenvalue weighted by Crippen LogP contribution is -2.01. The van der Waals surface area contributed by atoms with Crippen LogP contribution < -0.4 is 4.74 Å². The molecule has 0 heterocycles. The van der Waals surface area contributed by atoms with Gasteiger partial charge in [-0.05, 0) is 24.3 Å². The van der Waals surface area contributed by atoms with Crippen molar-refractivity contribution in [3.8, 4) is 16.9 Å². The van der Waals surface area contributed by atoms with Crippen molar-refractivity contribution in [2.24, 2.45) is 0 Å². The summed E-state index contributed by atoms with van der Waals surface area (Å²) in [6.07, 6.45) is 0. The molecule has 0 spiro atoms. The molecule has 4 heteroatoms. The summed E-state index contributed by atoms with van der Waals surface area (Å²) in [6.45, 7) is 0. The Kier molecular flexibility index (Phi) is 3.28. The number of hydrogen-bond acceptors (Lipinski definition) is 2. The van der Waals surface area contributed by atoms with Gasteiger partial charge in [-0.25, -0.2) is 9.18 Å². The van der Waals surface area contributed by atoms with E-state index < -0.39 is 11.8 Å². The van der Waals surface area contributed by atoms with Gasteiger partial charge in [-0.1, -0.05) is 18.2 Å². The summed E-state index contributed by atoms with van der Waals surface area (Å²) >= 11 is 0. The Balaban J connectivity index is 2.68. The fraction of sp³-hybridized carbons (Fsp3) is 0.0714. The summed E-state index contributed by atoms with van der Waals surface area (Å²) in [6, 6.07) is 10.5. The first kappa shape index (κ1) is 12.1. The summed E-state index contributed by atoms with van der Waals surface area (Å²) in [5.41, 5.74) is 0.592. The molecule has 2 aromatic carbocycles. The van der Waals surface area contributed by atoms with Crippen LogP contribution in [0.25, 0.3) is 11.1 Å². The number of benzene rings is 2. The average Bonchev–Trinajstić information content (AvgIpc) is 2.38. The maximum absolute atomic E-state index is 13.7. The van der Waals surface area contributed by atoms with E-state index in [0.717, 1.165) is 0 Å². The third kappa shape index (κ3) is 2.18. The molecule has 0 aliphatic heterocycles. The molecule has 0 atom stereocenters. The summed E-state index contributed by atoms with van der Waals surface area (Å²) in [4.78, 5) is 11.1. The number of carbonyl (C=O) groups is 1. The quantitative estimate of drug-likeness (QED) is 0.904. The number of rotatable bonds is 3. The summed E-state index contributed by atoms with van der Waals surface area (Å²) in [5, 5.41) is 9.12. The molecule has 0 aromatic heterocycles. The van der Waals surface area contributed by atoms with Crippen LogP contribution in [-0.2, 0) is 0 Å². The van der Waals surface area contributed by atoms with Gasteiger partial charge in [0.25, 0.3) is 0 Å². The van der Waals surface area contributed by atoms with Crippen LogP contribution in [0.15, 0.2) is 42.5 Å². The number of ether oxygens (including phenoxy) is 1. The van der Waals surface area contributed by atoms with E-state index in [-0.39, 0.29) is 11.1 Å². The van der Waals surface area contributed by atoms with Crippen LogP contribution in [0.5, 0.6) is 5.75 Å². The highest BCUT2D eigenvalue weighted by Gasteiger charge is 2.15. The fourth-order valence-corrected chi connectivity index (χ4v) is 1.74. The molecule has 18 heavy (non-hydrogen) atoms. The van der Waals surface area contributed by atoms with Gasteiger partial charge in [0, 0.05) is 11.1 Å². The number of aromatic carboxylic acids is 1. The van der Waals surface area contributed by atoms with Gasteiger partial charge < -0.3 is 9.84 Å². The van der Waals surface area contributed by atoms with Gasteiger partial charge in [0.15, 0.2) is 0 Å². The van der Waals surface area contributed by atoms with E-state index in [1.54, 1.807) is 12.1 Å². The fourth-order valence-electron chi connectivity index (χ4n) is 1.74. The van der Waals surface area contributed by atoms with Gasteiger partial charge >= 0.3 is 5.97 Å². The van der Waals surface area contributed by atoms with Crippen molar-refractivity contribution >= 4 is 5.97 Å². The molecule has 0 bridgehead atoms. The normalized spacial score (nSPS) is 10.1. The van der Waals surface area contributed by atoms with Gasteiger partial charge in [-0.3, -0.25) is 0 Å². The Morgan fingerprint density at radius 2 is 1.89 bits per heavy atom. The zero-order valence-corrected chi connectivity index (χ0v) is 9.68. The van der Waals surface area contributed by atoms with E-state index in [1.807, 2.05) is 0 Å². The zero-order valence-electron chi connectivity index (χ0n) is 9.68. The molecule has 0 saturated carbocycles.